The van der Waals surface area contributed by atoms with Gasteiger partial charge in [0.05, 0.1) is 12.8 Å². The molecule has 0 amide bonds. The van der Waals surface area contributed by atoms with E-state index in [0.29, 0.717) is 17.1 Å². The van der Waals surface area contributed by atoms with Gasteiger partial charge in [-0.2, -0.15) is 0 Å². The van der Waals surface area contributed by atoms with Crippen molar-refractivity contribution in [2.45, 2.75) is 20.3 Å². The van der Waals surface area contributed by atoms with Gasteiger partial charge in [0.2, 0.25) is 0 Å². The van der Waals surface area contributed by atoms with E-state index in [9.17, 15) is 4.79 Å². The summed E-state index contributed by atoms with van der Waals surface area (Å²) in [7, 11) is 1.38. The number of rotatable bonds is 3. The molecule has 0 bridgehead atoms. The van der Waals surface area contributed by atoms with Crippen molar-refractivity contribution in [1.82, 2.24) is 9.38 Å². The summed E-state index contributed by atoms with van der Waals surface area (Å²) in [6, 6.07) is 3.55. The SMILES string of the molecule is COC(=O)c1cccn2cc(CC(C)C)nc12. The van der Waals surface area contributed by atoms with Crippen LogP contribution in [0.2, 0.25) is 0 Å². The largest absolute Gasteiger partial charge is 0.465 e. The lowest BCUT2D eigenvalue weighted by Crippen LogP contribution is -2.03. The highest BCUT2D eigenvalue weighted by atomic mass is 16.5. The number of nitrogens with zero attached hydrogens (tertiary/aromatic N) is 2. The first-order valence-corrected chi connectivity index (χ1v) is 5.66. The van der Waals surface area contributed by atoms with Gasteiger partial charge >= 0.3 is 5.97 Å². The molecule has 4 heteroatoms. The quantitative estimate of drug-likeness (QED) is 0.763. The van der Waals surface area contributed by atoms with Crippen molar-refractivity contribution < 1.29 is 9.53 Å². The number of pyridine rings is 1. The highest BCUT2D eigenvalue weighted by molar-refractivity contribution is 5.95. The van der Waals surface area contributed by atoms with Gasteiger partial charge < -0.3 is 9.14 Å². The average Bonchev–Trinajstić information content (AvgIpc) is 2.68. The molecule has 0 aliphatic rings. The highest BCUT2D eigenvalue weighted by Crippen LogP contribution is 2.14. The van der Waals surface area contributed by atoms with Gasteiger partial charge in [0, 0.05) is 12.4 Å². The average molecular weight is 232 g/mol. The van der Waals surface area contributed by atoms with Gasteiger partial charge in [-0.1, -0.05) is 13.8 Å². The zero-order valence-electron chi connectivity index (χ0n) is 10.3. The van der Waals surface area contributed by atoms with Crippen LogP contribution >= 0.6 is 0 Å². The van der Waals surface area contributed by atoms with Crippen LogP contribution in [0.4, 0.5) is 0 Å². The Morgan fingerprint density at radius 2 is 2.29 bits per heavy atom. The molecule has 0 aliphatic heterocycles. The maximum atomic E-state index is 11.6. The van der Waals surface area contributed by atoms with Gasteiger partial charge in [-0.05, 0) is 24.5 Å². The molecule has 0 N–H and O–H groups in total. The minimum absolute atomic E-state index is 0.350. The third kappa shape index (κ3) is 2.30. The number of carbonyl (C=O) groups is 1. The van der Waals surface area contributed by atoms with Crippen LogP contribution in [0.15, 0.2) is 24.5 Å². The Balaban J connectivity index is 2.49. The first kappa shape index (κ1) is 11.6. The number of hydrogen-bond donors (Lipinski definition) is 0. The van der Waals surface area contributed by atoms with Crippen LogP contribution in [0.25, 0.3) is 5.65 Å². The van der Waals surface area contributed by atoms with Crippen molar-refractivity contribution in [3.63, 3.8) is 0 Å². The van der Waals surface area contributed by atoms with Crippen molar-refractivity contribution in [3.8, 4) is 0 Å². The van der Waals surface area contributed by atoms with Crippen molar-refractivity contribution in [2.24, 2.45) is 5.92 Å². The summed E-state index contributed by atoms with van der Waals surface area (Å²) in [6.45, 7) is 4.29. The Hall–Kier alpha value is -1.84. The summed E-state index contributed by atoms with van der Waals surface area (Å²) in [5.74, 6) is 0.193. The molecule has 0 aromatic carbocycles. The molecule has 0 atom stereocenters. The Labute approximate surface area is 100 Å². The standard InChI is InChI=1S/C13H16N2O2/c1-9(2)7-10-8-15-6-4-5-11(12(15)14-10)13(16)17-3/h4-6,8-9H,7H2,1-3H3. The second-order valence-electron chi connectivity index (χ2n) is 4.47. The molecule has 0 fully saturated rings. The van der Waals surface area contributed by atoms with E-state index < -0.39 is 0 Å². The predicted octanol–water partition coefficient (Wildman–Crippen LogP) is 2.32. The second kappa shape index (κ2) is 4.57. The van der Waals surface area contributed by atoms with E-state index in [-0.39, 0.29) is 5.97 Å². The van der Waals surface area contributed by atoms with E-state index >= 15 is 0 Å². The molecule has 4 nitrogen and oxygen atoms in total. The van der Waals surface area contributed by atoms with Crippen LogP contribution in [0.1, 0.15) is 29.9 Å². The first-order valence-electron chi connectivity index (χ1n) is 5.66. The molecule has 2 heterocycles. The van der Waals surface area contributed by atoms with Gasteiger partial charge in [-0.15, -0.1) is 0 Å². The molecule has 0 radical (unpaired) electrons. The van der Waals surface area contributed by atoms with Crippen LogP contribution in [0, 0.1) is 5.92 Å². The number of fused-ring (bicyclic) bond motifs is 1. The van der Waals surface area contributed by atoms with Gasteiger partial charge in [0.15, 0.2) is 5.65 Å². The zero-order valence-corrected chi connectivity index (χ0v) is 10.3. The lowest BCUT2D eigenvalue weighted by atomic mass is 10.1. The summed E-state index contributed by atoms with van der Waals surface area (Å²) in [4.78, 5) is 16.1. The van der Waals surface area contributed by atoms with E-state index in [1.807, 2.05) is 22.9 Å². The molecule has 2 aromatic rings. The van der Waals surface area contributed by atoms with E-state index in [1.165, 1.54) is 7.11 Å². The fourth-order valence-electron chi connectivity index (χ4n) is 1.85. The third-order valence-electron chi connectivity index (χ3n) is 2.56. The number of imidazole rings is 1. The molecule has 17 heavy (non-hydrogen) atoms. The maximum absolute atomic E-state index is 11.6. The molecule has 2 aromatic heterocycles. The zero-order chi connectivity index (χ0) is 12.4. The fraction of sp³-hybridized carbons (Fsp3) is 0.385. The van der Waals surface area contributed by atoms with Crippen molar-refractivity contribution in [3.05, 3.63) is 35.8 Å². The molecule has 0 saturated heterocycles. The van der Waals surface area contributed by atoms with Crippen LogP contribution < -0.4 is 0 Å². The maximum Gasteiger partial charge on any atom is 0.341 e. The molecule has 0 unspecified atom stereocenters. The lowest BCUT2D eigenvalue weighted by molar-refractivity contribution is 0.0602. The Morgan fingerprint density at radius 3 is 2.94 bits per heavy atom. The fourth-order valence-corrected chi connectivity index (χ4v) is 1.85. The van der Waals surface area contributed by atoms with Crippen molar-refractivity contribution >= 4 is 11.6 Å². The number of hydrogen-bond acceptors (Lipinski definition) is 3. The number of aromatic nitrogens is 2. The molecule has 0 spiro atoms. The van der Waals surface area contributed by atoms with Crippen LogP contribution in [-0.4, -0.2) is 22.5 Å². The van der Waals surface area contributed by atoms with Crippen LogP contribution in [0.3, 0.4) is 0 Å². The highest BCUT2D eigenvalue weighted by Gasteiger charge is 2.13. The van der Waals surface area contributed by atoms with E-state index in [4.69, 9.17) is 4.74 Å². The molecular weight excluding hydrogens is 216 g/mol. The van der Waals surface area contributed by atoms with Crippen LogP contribution in [0.5, 0.6) is 0 Å². The monoisotopic (exact) mass is 232 g/mol. The van der Waals surface area contributed by atoms with E-state index in [1.54, 1.807) is 6.07 Å². The van der Waals surface area contributed by atoms with Crippen LogP contribution in [-0.2, 0) is 11.2 Å². The minimum Gasteiger partial charge on any atom is -0.465 e. The number of ether oxygens (including phenoxy) is 1. The Morgan fingerprint density at radius 1 is 1.53 bits per heavy atom. The van der Waals surface area contributed by atoms with Crippen molar-refractivity contribution in [1.29, 1.82) is 0 Å². The smallest absolute Gasteiger partial charge is 0.341 e. The molecular formula is C13H16N2O2. The molecule has 0 saturated carbocycles. The summed E-state index contributed by atoms with van der Waals surface area (Å²) in [5.41, 5.74) is 2.16. The molecule has 90 valence electrons. The van der Waals surface area contributed by atoms with E-state index in [2.05, 4.69) is 18.8 Å². The normalized spacial score (nSPS) is 11.1. The van der Waals surface area contributed by atoms with Gasteiger partial charge in [0.1, 0.15) is 5.56 Å². The van der Waals surface area contributed by atoms with Gasteiger partial charge in [-0.3, -0.25) is 0 Å². The summed E-state index contributed by atoms with van der Waals surface area (Å²) in [6.07, 6.45) is 4.75. The topological polar surface area (TPSA) is 43.6 Å². The third-order valence-corrected chi connectivity index (χ3v) is 2.56. The number of methoxy groups -OCH3 is 1. The number of carbonyl (C=O) groups excluding carboxylic acids is 1. The van der Waals surface area contributed by atoms with Gasteiger partial charge in [0.25, 0.3) is 0 Å². The minimum atomic E-state index is -0.350. The van der Waals surface area contributed by atoms with Crippen molar-refractivity contribution in [2.75, 3.05) is 7.11 Å². The Kier molecular flexibility index (Phi) is 3.13. The summed E-state index contributed by atoms with van der Waals surface area (Å²) >= 11 is 0. The molecule has 0 aliphatic carbocycles. The summed E-state index contributed by atoms with van der Waals surface area (Å²) < 4.78 is 6.61. The lowest BCUT2D eigenvalue weighted by Gasteiger charge is -2.00. The second-order valence-corrected chi connectivity index (χ2v) is 4.47. The predicted molar refractivity (Wildman–Crippen MR) is 65.1 cm³/mol. The summed E-state index contributed by atoms with van der Waals surface area (Å²) in [5, 5.41) is 0. The number of esters is 1. The Bertz CT molecular complexity index is 543. The van der Waals surface area contributed by atoms with Gasteiger partial charge in [-0.25, -0.2) is 9.78 Å². The van der Waals surface area contributed by atoms with E-state index in [0.717, 1.165) is 12.1 Å². The molecule has 2 rings (SSSR count). The first-order chi connectivity index (χ1) is 8.11.